The van der Waals surface area contributed by atoms with E-state index in [1.165, 1.54) is 10.7 Å². The van der Waals surface area contributed by atoms with Crippen LogP contribution in [0.5, 0.6) is 0 Å². The fourth-order valence-corrected chi connectivity index (χ4v) is 2.12. The van der Waals surface area contributed by atoms with Crippen LogP contribution in [0.1, 0.15) is 17.3 Å². The molecule has 106 valence electrons. The van der Waals surface area contributed by atoms with E-state index in [0.717, 1.165) is 5.69 Å². The number of carbonyl (C=O) groups is 1. The molecular formula is C15H13N3O3. The third-order valence-corrected chi connectivity index (χ3v) is 3.06. The van der Waals surface area contributed by atoms with Gasteiger partial charge in [0.15, 0.2) is 5.65 Å². The Hall–Kier alpha value is -2.89. The van der Waals surface area contributed by atoms with Crippen LogP contribution in [0.3, 0.4) is 0 Å². The minimum Gasteiger partial charge on any atom is -0.462 e. The molecule has 0 atom stereocenters. The molecule has 0 saturated carbocycles. The van der Waals surface area contributed by atoms with Gasteiger partial charge in [-0.3, -0.25) is 9.48 Å². The lowest BCUT2D eigenvalue weighted by Crippen LogP contribution is -2.27. The van der Waals surface area contributed by atoms with Crippen molar-refractivity contribution in [1.29, 1.82) is 0 Å². The van der Waals surface area contributed by atoms with Gasteiger partial charge in [0.1, 0.15) is 5.56 Å². The second kappa shape index (κ2) is 5.24. The van der Waals surface area contributed by atoms with Gasteiger partial charge in [0, 0.05) is 18.5 Å². The number of hydrogen-bond acceptors (Lipinski definition) is 4. The van der Waals surface area contributed by atoms with Crippen molar-refractivity contribution < 1.29 is 9.53 Å². The number of benzene rings is 1. The van der Waals surface area contributed by atoms with Crippen molar-refractivity contribution >= 4 is 11.6 Å². The van der Waals surface area contributed by atoms with Crippen LogP contribution in [0, 0.1) is 0 Å². The summed E-state index contributed by atoms with van der Waals surface area (Å²) in [5.74, 6) is -0.662. The molecule has 0 radical (unpaired) electrons. The van der Waals surface area contributed by atoms with Crippen LogP contribution in [-0.4, -0.2) is 26.8 Å². The Balaban J connectivity index is 2.23. The standard InChI is InChI=1S/C15H13N3O3/c1-2-21-15(20)12-10-16-13-8-9-17(18(13)14(12)19)11-6-4-3-5-7-11/h3-10H,2H2,1H3. The summed E-state index contributed by atoms with van der Waals surface area (Å²) in [6.07, 6.45) is 2.99. The number of para-hydroxylation sites is 1. The van der Waals surface area contributed by atoms with Crippen molar-refractivity contribution in [2.75, 3.05) is 6.61 Å². The summed E-state index contributed by atoms with van der Waals surface area (Å²) in [6, 6.07) is 11.1. The number of fused-ring (bicyclic) bond motifs is 1. The second-order valence-electron chi connectivity index (χ2n) is 4.36. The first-order valence-electron chi connectivity index (χ1n) is 6.54. The third kappa shape index (κ3) is 2.20. The zero-order chi connectivity index (χ0) is 14.8. The first kappa shape index (κ1) is 13.1. The fraction of sp³-hybridized carbons (Fsp3) is 0.133. The molecular weight excluding hydrogens is 270 g/mol. The second-order valence-corrected chi connectivity index (χ2v) is 4.36. The van der Waals surface area contributed by atoms with Crippen molar-refractivity contribution in [2.24, 2.45) is 0 Å². The minimum absolute atomic E-state index is 0.0785. The number of carbonyl (C=O) groups excluding carboxylic acids is 1. The van der Waals surface area contributed by atoms with Crippen LogP contribution < -0.4 is 5.56 Å². The monoisotopic (exact) mass is 283 g/mol. The number of nitrogens with zero attached hydrogens (tertiary/aromatic N) is 3. The number of ether oxygens (including phenoxy) is 1. The van der Waals surface area contributed by atoms with Gasteiger partial charge in [0.25, 0.3) is 5.56 Å². The molecule has 6 heteroatoms. The molecule has 3 aromatic rings. The molecule has 1 aromatic carbocycles. The van der Waals surface area contributed by atoms with E-state index in [2.05, 4.69) is 4.98 Å². The predicted octanol–water partition coefficient (Wildman–Crippen LogP) is 1.66. The van der Waals surface area contributed by atoms with Gasteiger partial charge in [-0.15, -0.1) is 0 Å². The first-order chi connectivity index (χ1) is 10.2. The topological polar surface area (TPSA) is 65.6 Å². The number of aromatic nitrogens is 3. The Labute approximate surface area is 120 Å². The highest BCUT2D eigenvalue weighted by molar-refractivity contribution is 5.88. The Bertz CT molecular complexity index is 849. The summed E-state index contributed by atoms with van der Waals surface area (Å²) in [6.45, 7) is 1.90. The highest BCUT2D eigenvalue weighted by atomic mass is 16.5. The molecule has 6 nitrogen and oxygen atoms in total. The van der Waals surface area contributed by atoms with Crippen molar-refractivity contribution in [3.8, 4) is 5.69 Å². The summed E-state index contributed by atoms with van der Waals surface area (Å²) in [5.41, 5.74) is 0.742. The molecule has 0 unspecified atom stereocenters. The van der Waals surface area contributed by atoms with E-state index in [0.29, 0.717) is 5.65 Å². The summed E-state index contributed by atoms with van der Waals surface area (Å²) in [7, 11) is 0. The van der Waals surface area contributed by atoms with Gasteiger partial charge < -0.3 is 4.74 Å². The zero-order valence-corrected chi connectivity index (χ0v) is 11.4. The molecule has 0 aliphatic carbocycles. The number of hydrogen-bond donors (Lipinski definition) is 0. The molecule has 0 bridgehead atoms. The van der Waals surface area contributed by atoms with Gasteiger partial charge >= 0.3 is 5.97 Å². The van der Waals surface area contributed by atoms with E-state index in [1.807, 2.05) is 30.3 Å². The molecule has 0 spiro atoms. The molecule has 0 saturated heterocycles. The van der Waals surface area contributed by atoms with Gasteiger partial charge in [-0.2, -0.15) is 4.52 Å². The lowest BCUT2D eigenvalue weighted by atomic mass is 10.3. The smallest absolute Gasteiger partial charge is 0.345 e. The van der Waals surface area contributed by atoms with Crippen LogP contribution in [0.25, 0.3) is 11.3 Å². The Morgan fingerprint density at radius 2 is 2.00 bits per heavy atom. The molecule has 0 N–H and O–H groups in total. The molecule has 2 aromatic heterocycles. The average molecular weight is 283 g/mol. The predicted molar refractivity (Wildman–Crippen MR) is 76.7 cm³/mol. The van der Waals surface area contributed by atoms with E-state index < -0.39 is 11.5 Å². The van der Waals surface area contributed by atoms with E-state index >= 15 is 0 Å². The maximum atomic E-state index is 12.5. The number of esters is 1. The molecule has 0 aliphatic heterocycles. The third-order valence-electron chi connectivity index (χ3n) is 3.06. The van der Waals surface area contributed by atoms with Crippen LogP contribution in [0.15, 0.2) is 53.6 Å². The van der Waals surface area contributed by atoms with Crippen LogP contribution in [0.2, 0.25) is 0 Å². The van der Waals surface area contributed by atoms with E-state index in [-0.39, 0.29) is 12.2 Å². The highest BCUT2D eigenvalue weighted by Crippen LogP contribution is 2.09. The molecule has 0 aliphatic rings. The Kier molecular flexibility index (Phi) is 3.27. The molecule has 2 heterocycles. The molecule has 0 fully saturated rings. The first-order valence-corrected chi connectivity index (χ1v) is 6.54. The minimum atomic E-state index is -0.662. The zero-order valence-electron chi connectivity index (χ0n) is 11.4. The van der Waals surface area contributed by atoms with Crippen molar-refractivity contribution in [1.82, 2.24) is 14.2 Å². The van der Waals surface area contributed by atoms with Gasteiger partial charge in [-0.25, -0.2) is 9.78 Å². The lowest BCUT2D eigenvalue weighted by Gasteiger charge is -2.07. The van der Waals surface area contributed by atoms with Gasteiger partial charge in [-0.05, 0) is 19.1 Å². The molecule has 0 amide bonds. The summed E-state index contributed by atoms with van der Waals surface area (Å²) in [5, 5.41) is 0. The summed E-state index contributed by atoms with van der Waals surface area (Å²) >= 11 is 0. The van der Waals surface area contributed by atoms with E-state index in [9.17, 15) is 9.59 Å². The SMILES string of the molecule is CCOC(=O)c1cnc2ccn(-c3ccccc3)n2c1=O. The normalized spacial score (nSPS) is 10.7. The van der Waals surface area contributed by atoms with Gasteiger partial charge in [-0.1, -0.05) is 18.2 Å². The maximum Gasteiger partial charge on any atom is 0.345 e. The van der Waals surface area contributed by atoms with Gasteiger partial charge in [0.2, 0.25) is 0 Å². The molecule has 21 heavy (non-hydrogen) atoms. The van der Waals surface area contributed by atoms with Crippen molar-refractivity contribution in [3.05, 3.63) is 64.7 Å². The van der Waals surface area contributed by atoms with Crippen LogP contribution >= 0.6 is 0 Å². The average Bonchev–Trinajstić information content (AvgIpc) is 2.93. The van der Waals surface area contributed by atoms with E-state index in [1.54, 1.807) is 23.9 Å². The number of rotatable bonds is 3. The Morgan fingerprint density at radius 3 is 2.71 bits per heavy atom. The van der Waals surface area contributed by atoms with Crippen molar-refractivity contribution in [3.63, 3.8) is 0 Å². The quantitative estimate of drug-likeness (QED) is 0.686. The maximum absolute atomic E-state index is 12.5. The largest absolute Gasteiger partial charge is 0.462 e. The summed E-state index contributed by atoms with van der Waals surface area (Å²) < 4.78 is 7.87. The Morgan fingerprint density at radius 1 is 1.24 bits per heavy atom. The lowest BCUT2D eigenvalue weighted by molar-refractivity contribution is 0.0523. The van der Waals surface area contributed by atoms with E-state index in [4.69, 9.17) is 4.74 Å². The summed E-state index contributed by atoms with van der Waals surface area (Å²) in [4.78, 5) is 28.4. The van der Waals surface area contributed by atoms with Gasteiger partial charge in [0.05, 0.1) is 12.3 Å². The fourth-order valence-electron chi connectivity index (χ4n) is 2.12. The van der Waals surface area contributed by atoms with Crippen LogP contribution in [-0.2, 0) is 4.74 Å². The molecule has 3 rings (SSSR count). The highest BCUT2D eigenvalue weighted by Gasteiger charge is 2.16. The van der Waals surface area contributed by atoms with Crippen LogP contribution in [0.4, 0.5) is 0 Å². The van der Waals surface area contributed by atoms with Crippen molar-refractivity contribution in [2.45, 2.75) is 6.92 Å².